The van der Waals surface area contributed by atoms with Gasteiger partial charge in [-0.1, -0.05) is 17.7 Å². The quantitative estimate of drug-likeness (QED) is 0.908. The van der Waals surface area contributed by atoms with E-state index in [4.69, 9.17) is 16.7 Å². The molecule has 0 fully saturated rings. The summed E-state index contributed by atoms with van der Waals surface area (Å²) in [4.78, 5) is 23.2. The van der Waals surface area contributed by atoms with Crippen molar-refractivity contribution in [2.24, 2.45) is 0 Å². The second-order valence-electron chi connectivity index (χ2n) is 3.90. The number of carbonyl (C=O) groups is 2. The molecule has 2 rings (SSSR count). The Balaban J connectivity index is 2.22. The van der Waals surface area contributed by atoms with Crippen LogP contribution in [0.1, 0.15) is 25.6 Å². The fraction of sp³-hybridized carbons (Fsp3) is 0.0769. The van der Waals surface area contributed by atoms with Crippen LogP contribution in [0.3, 0.4) is 0 Å². The van der Waals surface area contributed by atoms with Crippen molar-refractivity contribution in [3.63, 3.8) is 0 Å². The summed E-state index contributed by atoms with van der Waals surface area (Å²) in [6.07, 6.45) is 0. The number of carboxylic acid groups (broad SMARTS) is 1. The molecule has 0 aliphatic rings. The Bertz CT molecular complexity index is 651. The number of hydrogen-bond donors (Lipinski definition) is 2. The largest absolute Gasteiger partial charge is 0.478 e. The number of anilines is 1. The number of aryl methyl sites for hydroxylation is 1. The molecule has 0 bridgehead atoms. The van der Waals surface area contributed by atoms with Crippen molar-refractivity contribution < 1.29 is 14.7 Å². The summed E-state index contributed by atoms with van der Waals surface area (Å²) < 4.78 is 0. The monoisotopic (exact) mass is 295 g/mol. The Morgan fingerprint density at radius 2 is 2.11 bits per heavy atom. The molecule has 1 heterocycles. The molecule has 98 valence electrons. The number of hydrogen-bond acceptors (Lipinski definition) is 3. The Morgan fingerprint density at radius 1 is 1.37 bits per heavy atom. The van der Waals surface area contributed by atoms with Gasteiger partial charge in [0.2, 0.25) is 0 Å². The molecule has 19 heavy (non-hydrogen) atoms. The molecule has 0 unspecified atom stereocenters. The number of nitrogens with one attached hydrogen (secondary N) is 1. The van der Waals surface area contributed by atoms with E-state index in [0.29, 0.717) is 15.6 Å². The molecule has 6 heteroatoms. The average Bonchev–Trinajstić information content (AvgIpc) is 2.70. The van der Waals surface area contributed by atoms with Gasteiger partial charge in [-0.05, 0) is 36.1 Å². The smallest absolute Gasteiger partial charge is 0.335 e. The van der Waals surface area contributed by atoms with Crippen molar-refractivity contribution in [1.29, 1.82) is 0 Å². The molecule has 1 aromatic heterocycles. The minimum absolute atomic E-state index is 0.117. The average molecular weight is 296 g/mol. The van der Waals surface area contributed by atoms with Crippen LogP contribution in [0, 0.1) is 6.92 Å². The van der Waals surface area contributed by atoms with Gasteiger partial charge in [-0.3, -0.25) is 4.79 Å². The predicted molar refractivity (Wildman–Crippen MR) is 75.4 cm³/mol. The molecule has 0 aliphatic heterocycles. The molecule has 1 aromatic carbocycles. The molecule has 0 spiro atoms. The summed E-state index contributed by atoms with van der Waals surface area (Å²) in [5.41, 5.74) is 1.38. The van der Waals surface area contributed by atoms with Crippen molar-refractivity contribution in [3.8, 4) is 0 Å². The maximum Gasteiger partial charge on any atom is 0.335 e. The van der Waals surface area contributed by atoms with Crippen LogP contribution in [-0.2, 0) is 0 Å². The van der Waals surface area contributed by atoms with Gasteiger partial charge < -0.3 is 10.4 Å². The van der Waals surface area contributed by atoms with Gasteiger partial charge in [-0.25, -0.2) is 4.79 Å². The van der Waals surface area contributed by atoms with Gasteiger partial charge in [0.15, 0.2) is 0 Å². The van der Waals surface area contributed by atoms with Gasteiger partial charge in [-0.15, -0.1) is 11.3 Å². The van der Waals surface area contributed by atoms with Crippen LogP contribution < -0.4 is 5.32 Å². The number of thiophene rings is 1. The maximum absolute atomic E-state index is 12.0. The number of carboxylic acids is 1. The van der Waals surface area contributed by atoms with E-state index in [1.54, 1.807) is 17.5 Å². The lowest BCUT2D eigenvalue weighted by atomic mass is 10.2. The highest BCUT2D eigenvalue weighted by Gasteiger charge is 2.15. The van der Waals surface area contributed by atoms with Gasteiger partial charge in [0.1, 0.15) is 4.88 Å². The van der Waals surface area contributed by atoms with Gasteiger partial charge in [0.05, 0.1) is 10.6 Å². The fourth-order valence-corrected chi connectivity index (χ4v) is 2.67. The molecule has 0 aliphatic carbocycles. The topological polar surface area (TPSA) is 66.4 Å². The molecule has 4 nitrogen and oxygen atoms in total. The maximum atomic E-state index is 12.0. The lowest BCUT2D eigenvalue weighted by molar-refractivity contribution is 0.0696. The van der Waals surface area contributed by atoms with Gasteiger partial charge in [0.25, 0.3) is 5.91 Å². The second-order valence-corrected chi connectivity index (χ2v) is 5.16. The van der Waals surface area contributed by atoms with Crippen LogP contribution in [-0.4, -0.2) is 17.0 Å². The van der Waals surface area contributed by atoms with E-state index in [2.05, 4.69) is 5.32 Å². The lowest BCUT2D eigenvalue weighted by Gasteiger charge is -2.05. The van der Waals surface area contributed by atoms with Crippen LogP contribution >= 0.6 is 22.9 Å². The standard InChI is InChI=1S/C13H10ClNO3S/c1-7-6-19-11(10(7)14)12(16)15-9-4-2-3-8(5-9)13(17)18/h2-6H,1H3,(H,15,16)(H,17,18). The highest BCUT2D eigenvalue weighted by Crippen LogP contribution is 2.27. The summed E-state index contributed by atoms with van der Waals surface area (Å²) in [6, 6.07) is 6.05. The number of amides is 1. The molecule has 0 saturated heterocycles. The lowest BCUT2D eigenvalue weighted by Crippen LogP contribution is -2.11. The Kier molecular flexibility index (Phi) is 3.87. The molecular weight excluding hydrogens is 286 g/mol. The first-order valence-electron chi connectivity index (χ1n) is 5.37. The molecule has 2 N–H and O–H groups in total. The highest BCUT2D eigenvalue weighted by molar-refractivity contribution is 7.13. The summed E-state index contributed by atoms with van der Waals surface area (Å²) in [7, 11) is 0. The van der Waals surface area contributed by atoms with E-state index in [0.717, 1.165) is 5.56 Å². The van der Waals surface area contributed by atoms with E-state index in [1.807, 2.05) is 6.92 Å². The zero-order chi connectivity index (χ0) is 14.0. The minimum atomic E-state index is -1.04. The zero-order valence-electron chi connectivity index (χ0n) is 9.94. The first-order valence-corrected chi connectivity index (χ1v) is 6.63. The van der Waals surface area contributed by atoms with Crippen LogP contribution in [0.5, 0.6) is 0 Å². The third kappa shape index (κ3) is 2.94. The van der Waals surface area contributed by atoms with E-state index in [-0.39, 0.29) is 11.5 Å². The summed E-state index contributed by atoms with van der Waals surface area (Å²) in [5.74, 6) is -1.38. The van der Waals surface area contributed by atoms with Gasteiger partial charge >= 0.3 is 5.97 Å². The Hall–Kier alpha value is -1.85. The molecule has 0 saturated carbocycles. The van der Waals surface area contributed by atoms with Gasteiger partial charge in [-0.2, -0.15) is 0 Å². The van der Waals surface area contributed by atoms with E-state index >= 15 is 0 Å². The highest BCUT2D eigenvalue weighted by atomic mass is 35.5. The summed E-state index contributed by atoms with van der Waals surface area (Å²) >= 11 is 7.26. The number of rotatable bonds is 3. The van der Waals surface area contributed by atoms with Crippen molar-refractivity contribution >= 4 is 40.5 Å². The molecule has 0 atom stereocenters. The Morgan fingerprint density at radius 3 is 2.68 bits per heavy atom. The van der Waals surface area contributed by atoms with Crippen molar-refractivity contribution in [3.05, 3.63) is 50.7 Å². The van der Waals surface area contributed by atoms with Crippen molar-refractivity contribution in [2.75, 3.05) is 5.32 Å². The number of aromatic carboxylic acids is 1. The zero-order valence-corrected chi connectivity index (χ0v) is 11.5. The predicted octanol–water partition coefficient (Wildman–Crippen LogP) is 3.66. The third-order valence-corrected chi connectivity index (χ3v) is 4.17. The fourth-order valence-electron chi connectivity index (χ4n) is 1.50. The first-order chi connectivity index (χ1) is 8.99. The van der Waals surface area contributed by atoms with Crippen molar-refractivity contribution in [1.82, 2.24) is 0 Å². The number of carbonyl (C=O) groups excluding carboxylic acids is 1. The van der Waals surface area contributed by atoms with E-state index < -0.39 is 5.97 Å². The molecule has 0 radical (unpaired) electrons. The second kappa shape index (κ2) is 5.42. The Labute approximate surface area is 118 Å². The summed E-state index contributed by atoms with van der Waals surface area (Å²) in [6.45, 7) is 1.82. The van der Waals surface area contributed by atoms with Crippen LogP contribution in [0.25, 0.3) is 0 Å². The van der Waals surface area contributed by atoms with Crippen LogP contribution in [0.2, 0.25) is 5.02 Å². The van der Waals surface area contributed by atoms with Crippen LogP contribution in [0.4, 0.5) is 5.69 Å². The first kappa shape index (κ1) is 13.6. The number of benzene rings is 1. The minimum Gasteiger partial charge on any atom is -0.478 e. The molecular formula is C13H10ClNO3S. The van der Waals surface area contributed by atoms with Crippen LogP contribution in [0.15, 0.2) is 29.6 Å². The molecule has 1 amide bonds. The van der Waals surface area contributed by atoms with E-state index in [9.17, 15) is 9.59 Å². The molecule has 2 aromatic rings. The number of halogens is 1. The van der Waals surface area contributed by atoms with E-state index in [1.165, 1.54) is 23.5 Å². The van der Waals surface area contributed by atoms with Gasteiger partial charge in [0, 0.05) is 5.69 Å². The SMILES string of the molecule is Cc1csc(C(=O)Nc2cccc(C(=O)O)c2)c1Cl. The third-order valence-electron chi connectivity index (χ3n) is 2.47. The normalized spacial score (nSPS) is 10.2. The van der Waals surface area contributed by atoms with Crippen molar-refractivity contribution in [2.45, 2.75) is 6.92 Å². The summed E-state index contributed by atoms with van der Waals surface area (Å²) in [5, 5.41) is 13.7.